The first-order valence-electron chi connectivity index (χ1n) is 7.81. The van der Waals surface area contributed by atoms with Gasteiger partial charge in [-0.25, -0.2) is 4.98 Å². The molecule has 1 aromatic carbocycles. The number of nitrogens with one attached hydrogen (secondary N) is 1. The molecule has 2 unspecified atom stereocenters. The summed E-state index contributed by atoms with van der Waals surface area (Å²) < 4.78 is 13.4. The van der Waals surface area contributed by atoms with Crippen molar-refractivity contribution in [3.8, 4) is 0 Å². The van der Waals surface area contributed by atoms with Crippen LogP contribution in [0.3, 0.4) is 0 Å². The number of rotatable bonds is 3. The summed E-state index contributed by atoms with van der Waals surface area (Å²) in [6.07, 6.45) is 0. The van der Waals surface area contributed by atoms with Crippen molar-refractivity contribution in [1.82, 2.24) is 20.1 Å². The van der Waals surface area contributed by atoms with Crippen molar-refractivity contribution in [2.75, 3.05) is 19.8 Å². The van der Waals surface area contributed by atoms with E-state index < -0.39 is 6.67 Å². The van der Waals surface area contributed by atoms with E-state index in [2.05, 4.69) is 15.2 Å². The van der Waals surface area contributed by atoms with E-state index >= 15 is 0 Å². The van der Waals surface area contributed by atoms with Crippen molar-refractivity contribution in [1.29, 1.82) is 0 Å². The lowest BCUT2D eigenvalue weighted by molar-refractivity contribution is 0.0784. The molecule has 122 valence electrons. The lowest BCUT2D eigenvalue weighted by atomic mass is 9.97. The average Bonchev–Trinajstić information content (AvgIpc) is 3.15. The molecule has 1 N–H and O–H groups in total. The molecule has 1 fully saturated rings. The fourth-order valence-corrected chi connectivity index (χ4v) is 3.07. The number of benzene rings is 1. The Balaban J connectivity index is 1.81. The maximum atomic E-state index is 13.4. The van der Waals surface area contributed by atoms with Crippen LogP contribution in [0.1, 0.15) is 39.1 Å². The molecule has 0 aliphatic carbocycles. The molecule has 2 aromatic rings. The highest BCUT2D eigenvalue weighted by Crippen LogP contribution is 2.32. The predicted molar refractivity (Wildman–Crippen MR) is 85.1 cm³/mol. The molecule has 6 heteroatoms. The van der Waals surface area contributed by atoms with E-state index in [1.54, 1.807) is 4.90 Å². The van der Waals surface area contributed by atoms with Gasteiger partial charge in [0, 0.05) is 30.5 Å². The summed E-state index contributed by atoms with van der Waals surface area (Å²) in [4.78, 5) is 18.7. The second-order valence-corrected chi connectivity index (χ2v) is 6.31. The number of aromatic nitrogens is 3. The number of hydrogen-bond donors (Lipinski definition) is 1. The van der Waals surface area contributed by atoms with Crippen LogP contribution in [0.25, 0.3) is 0 Å². The Hall–Kier alpha value is -2.24. The Morgan fingerprint density at radius 3 is 2.70 bits per heavy atom. The summed E-state index contributed by atoms with van der Waals surface area (Å²) in [6, 6.07) is 5.67. The van der Waals surface area contributed by atoms with Gasteiger partial charge in [-0.15, -0.1) is 0 Å². The molecule has 0 radical (unpaired) electrons. The van der Waals surface area contributed by atoms with Gasteiger partial charge in [0.15, 0.2) is 5.82 Å². The van der Waals surface area contributed by atoms with Crippen molar-refractivity contribution in [3.05, 3.63) is 46.5 Å². The molecule has 5 nitrogen and oxygen atoms in total. The van der Waals surface area contributed by atoms with Crippen LogP contribution >= 0.6 is 0 Å². The number of H-pyrrole nitrogens is 1. The molecule has 1 amide bonds. The molecule has 3 rings (SSSR count). The van der Waals surface area contributed by atoms with E-state index in [0.29, 0.717) is 30.3 Å². The summed E-state index contributed by atoms with van der Waals surface area (Å²) >= 11 is 0. The number of aromatic amines is 1. The van der Waals surface area contributed by atoms with Crippen LogP contribution in [0.15, 0.2) is 18.2 Å². The van der Waals surface area contributed by atoms with E-state index in [1.165, 1.54) is 0 Å². The quantitative estimate of drug-likeness (QED) is 0.946. The van der Waals surface area contributed by atoms with Gasteiger partial charge in [-0.3, -0.25) is 14.3 Å². The lowest BCUT2D eigenvalue weighted by Gasteiger charge is -2.16. The number of amides is 1. The third-order valence-corrected chi connectivity index (χ3v) is 4.63. The second kappa shape index (κ2) is 6.10. The highest BCUT2D eigenvalue weighted by molar-refractivity contribution is 5.94. The van der Waals surface area contributed by atoms with Gasteiger partial charge in [-0.1, -0.05) is 6.07 Å². The molecule has 1 saturated heterocycles. The topological polar surface area (TPSA) is 61.9 Å². The summed E-state index contributed by atoms with van der Waals surface area (Å²) in [5.74, 6) is 0.847. The predicted octanol–water partition coefficient (Wildman–Crippen LogP) is 2.56. The summed E-state index contributed by atoms with van der Waals surface area (Å²) in [5, 5.41) is 6.94. The molecule has 23 heavy (non-hydrogen) atoms. The number of likely N-dealkylation sites (tertiary alicyclic amines) is 1. The SMILES string of the molecule is Cc1nc(C2CN(C(=O)c3ccc(C)c(C)c3)CC2CF)n[nH]1. The fourth-order valence-electron chi connectivity index (χ4n) is 3.07. The maximum absolute atomic E-state index is 13.4. The van der Waals surface area contributed by atoms with Gasteiger partial charge in [0.05, 0.1) is 6.67 Å². The van der Waals surface area contributed by atoms with Crippen LogP contribution in [0.5, 0.6) is 0 Å². The van der Waals surface area contributed by atoms with Gasteiger partial charge in [0.25, 0.3) is 5.91 Å². The summed E-state index contributed by atoms with van der Waals surface area (Å²) in [7, 11) is 0. The molecule has 0 saturated carbocycles. The lowest BCUT2D eigenvalue weighted by Crippen LogP contribution is -2.29. The molecule has 1 aromatic heterocycles. The van der Waals surface area contributed by atoms with Gasteiger partial charge in [0.2, 0.25) is 0 Å². The number of hydrogen-bond acceptors (Lipinski definition) is 3. The van der Waals surface area contributed by atoms with Crippen molar-refractivity contribution >= 4 is 5.91 Å². The number of alkyl halides is 1. The van der Waals surface area contributed by atoms with Gasteiger partial charge >= 0.3 is 0 Å². The Labute approximate surface area is 134 Å². The summed E-state index contributed by atoms with van der Waals surface area (Å²) in [6.45, 7) is 6.20. The Morgan fingerprint density at radius 1 is 1.30 bits per heavy atom. The Kier molecular flexibility index (Phi) is 4.15. The molecular formula is C17H21FN4O. The standard InChI is InChI=1S/C17H21FN4O/c1-10-4-5-13(6-11(10)2)17(23)22-8-14(7-18)15(9-22)16-19-12(3)20-21-16/h4-6,14-15H,7-9H2,1-3H3,(H,19,20,21). The minimum absolute atomic E-state index is 0.0543. The molecular weight excluding hydrogens is 295 g/mol. The molecule has 1 aliphatic heterocycles. The second-order valence-electron chi connectivity index (χ2n) is 6.31. The first-order valence-corrected chi connectivity index (χ1v) is 7.81. The monoisotopic (exact) mass is 316 g/mol. The molecule has 2 heterocycles. The zero-order valence-corrected chi connectivity index (χ0v) is 13.6. The zero-order valence-electron chi connectivity index (χ0n) is 13.6. The van der Waals surface area contributed by atoms with Gasteiger partial charge < -0.3 is 4.90 Å². The minimum atomic E-state index is -0.477. The van der Waals surface area contributed by atoms with E-state index in [0.717, 1.165) is 11.1 Å². The van der Waals surface area contributed by atoms with Crippen molar-refractivity contribution in [3.63, 3.8) is 0 Å². The van der Waals surface area contributed by atoms with Gasteiger partial charge in [0.1, 0.15) is 5.82 Å². The smallest absolute Gasteiger partial charge is 0.253 e. The normalized spacial score (nSPS) is 21.0. The number of nitrogens with zero attached hydrogens (tertiary/aromatic N) is 3. The first-order chi connectivity index (χ1) is 11.0. The highest BCUT2D eigenvalue weighted by Gasteiger charge is 2.38. The summed E-state index contributed by atoms with van der Waals surface area (Å²) in [5.41, 5.74) is 2.88. The number of aryl methyl sites for hydroxylation is 3. The molecule has 1 aliphatic rings. The van der Waals surface area contributed by atoms with Crippen molar-refractivity contribution < 1.29 is 9.18 Å². The van der Waals surface area contributed by atoms with Crippen LogP contribution in [-0.2, 0) is 0 Å². The number of halogens is 1. The van der Waals surface area contributed by atoms with Crippen molar-refractivity contribution in [2.24, 2.45) is 5.92 Å². The molecule has 0 bridgehead atoms. The van der Waals surface area contributed by atoms with Crippen LogP contribution in [0.4, 0.5) is 4.39 Å². The van der Waals surface area contributed by atoms with E-state index in [4.69, 9.17) is 0 Å². The minimum Gasteiger partial charge on any atom is -0.337 e. The van der Waals surface area contributed by atoms with Crippen molar-refractivity contribution in [2.45, 2.75) is 26.7 Å². The number of carbonyl (C=O) groups is 1. The van der Waals surface area contributed by atoms with Gasteiger partial charge in [-0.2, -0.15) is 5.10 Å². The third-order valence-electron chi connectivity index (χ3n) is 4.63. The first kappa shape index (κ1) is 15.6. The van der Waals surface area contributed by atoms with Crippen LogP contribution < -0.4 is 0 Å². The van der Waals surface area contributed by atoms with E-state index in [1.807, 2.05) is 39.0 Å². The van der Waals surface area contributed by atoms with E-state index in [-0.39, 0.29) is 17.7 Å². The Morgan fingerprint density at radius 2 is 2.09 bits per heavy atom. The van der Waals surface area contributed by atoms with E-state index in [9.17, 15) is 9.18 Å². The molecule has 2 atom stereocenters. The Bertz CT molecular complexity index is 727. The molecule has 0 spiro atoms. The average molecular weight is 316 g/mol. The van der Waals surface area contributed by atoms with Crippen LogP contribution in [0.2, 0.25) is 0 Å². The number of carbonyl (C=O) groups excluding carboxylic acids is 1. The highest BCUT2D eigenvalue weighted by atomic mass is 19.1. The fraction of sp³-hybridized carbons (Fsp3) is 0.471. The van der Waals surface area contributed by atoms with Crippen LogP contribution in [-0.4, -0.2) is 45.8 Å². The van der Waals surface area contributed by atoms with Crippen LogP contribution in [0, 0.1) is 26.7 Å². The third kappa shape index (κ3) is 2.98. The zero-order chi connectivity index (χ0) is 16.6. The largest absolute Gasteiger partial charge is 0.337 e. The van der Waals surface area contributed by atoms with Gasteiger partial charge in [-0.05, 0) is 44.0 Å². The maximum Gasteiger partial charge on any atom is 0.253 e.